The number of hydrogen-bond donors (Lipinski definition) is 0. The first kappa shape index (κ1) is 37.4. The molecule has 4 heteroatoms. The second kappa shape index (κ2) is 19.9. The Bertz CT molecular complexity index is 4.00. The summed E-state index contributed by atoms with van der Waals surface area (Å²) in [5.74, 6) is 0. The van der Waals surface area contributed by atoms with E-state index < -0.39 is 0 Å². The van der Waals surface area contributed by atoms with Crippen molar-refractivity contribution >= 4 is 24.8 Å². The van der Waals surface area contributed by atoms with Crippen LogP contribution in [0.5, 0.6) is 0 Å². The molecule has 0 fully saturated rings. The van der Waals surface area contributed by atoms with Gasteiger partial charge in [-0.2, -0.15) is 0 Å². The van der Waals surface area contributed by atoms with E-state index in [1.54, 1.807) is 0 Å². The summed E-state index contributed by atoms with van der Waals surface area (Å²) in [7, 11) is 0. The second-order valence-corrected chi connectivity index (χ2v) is 0. The molecule has 0 amide bonds. The Labute approximate surface area is 67.7 Å². The maximum atomic E-state index is 0. The summed E-state index contributed by atoms with van der Waals surface area (Å²) in [4.78, 5) is 0. The quantitative estimate of drug-likeness (QED) is 0.471. The molecule has 0 unspecified atom stereocenters. The fourth-order valence-electron chi connectivity index (χ4n) is 0. The minimum atomic E-state index is 0. The molecule has 0 spiro atoms. The Morgan fingerprint density at radius 3 is 0.500 bits per heavy atom. The summed E-state index contributed by atoms with van der Waals surface area (Å²) in [6, 6.07) is 0. The van der Waals surface area contributed by atoms with Crippen molar-refractivity contribution in [1.82, 2.24) is 0 Å². The molecule has 4 heavy (non-hydrogen) atoms. The number of rotatable bonds is 0. The van der Waals surface area contributed by atoms with Crippen LogP contribution < -0.4 is 0 Å². The van der Waals surface area contributed by atoms with Crippen LogP contribution in [0.1, 0.15) is 0 Å². The zero-order valence-corrected chi connectivity index (χ0v) is 6.57. The maximum absolute atomic E-state index is 0. The minimum absolute atomic E-state index is 0. The van der Waals surface area contributed by atoms with Crippen molar-refractivity contribution in [1.29, 1.82) is 0 Å². The summed E-state index contributed by atoms with van der Waals surface area (Å²) in [6.07, 6.45) is 0. The van der Waals surface area contributed by atoms with E-state index in [0.717, 1.165) is 0 Å². The topological polar surface area (TPSA) is 0 Å². The van der Waals surface area contributed by atoms with E-state index in [9.17, 15) is 0 Å². The molecule has 0 atom stereocenters. The maximum Gasteiger partial charge on any atom is 0 e. The Kier molecular flexibility index (Phi) is 186. The van der Waals surface area contributed by atoms with Gasteiger partial charge in [-0.25, -0.2) is 0 Å². The molecule has 0 aliphatic heterocycles. The predicted molar refractivity (Wildman–Crippen MR) is 14.5 cm³/mol. The molecule has 0 aromatic rings. The smallest absolute Gasteiger partial charge is 0 e. The first-order valence-corrected chi connectivity index (χ1v) is 0. The molecule has 0 heterocycles. The number of halogens is 2. The van der Waals surface area contributed by atoms with Crippen molar-refractivity contribution in [2.45, 2.75) is 0 Å². The van der Waals surface area contributed by atoms with Gasteiger partial charge in [0.2, 0.25) is 0 Å². The van der Waals surface area contributed by atoms with Gasteiger partial charge in [0.1, 0.15) is 0 Å². The van der Waals surface area contributed by atoms with Crippen LogP contribution in [0, 0.1) is 0 Å². The van der Waals surface area contributed by atoms with Gasteiger partial charge in [-0.1, -0.05) is 0 Å². The van der Waals surface area contributed by atoms with Gasteiger partial charge in [0.05, 0.1) is 0 Å². The Hall–Kier alpha value is 2.01. The van der Waals surface area contributed by atoms with Gasteiger partial charge >= 0.3 is 0 Å². The summed E-state index contributed by atoms with van der Waals surface area (Å²) < 4.78 is 0. The van der Waals surface area contributed by atoms with Crippen LogP contribution in [0.15, 0.2) is 0 Å². The first-order chi connectivity index (χ1) is 0. The zero-order chi connectivity index (χ0) is 0. The molecule has 0 aliphatic rings. The summed E-state index contributed by atoms with van der Waals surface area (Å²) >= 11 is 0. The third-order valence-corrected chi connectivity index (χ3v) is 0. The molecule has 0 saturated heterocycles. The van der Waals surface area contributed by atoms with Gasteiger partial charge in [-0.05, 0) is 0 Å². The van der Waals surface area contributed by atoms with Crippen LogP contribution in [0.3, 0.4) is 0 Å². The van der Waals surface area contributed by atoms with Crippen LogP contribution in [-0.2, 0) is 43.4 Å². The Balaban J connectivity index is 0. The third-order valence-electron chi connectivity index (χ3n) is 0. The SMILES string of the molecule is Cl.Cl.[Ti].[Ti]. The Morgan fingerprint density at radius 2 is 0.500 bits per heavy atom. The second-order valence-electron chi connectivity index (χ2n) is 0. The average Bonchev–Trinajstić information content (AvgIpc) is 0. The van der Waals surface area contributed by atoms with Crippen molar-refractivity contribution in [3.05, 3.63) is 0 Å². The van der Waals surface area contributed by atoms with E-state index >= 15 is 0 Å². The molecule has 0 aromatic carbocycles. The van der Waals surface area contributed by atoms with Crippen molar-refractivity contribution < 1.29 is 43.4 Å². The third kappa shape index (κ3) is 8.99. The average molecular weight is 169 g/mol. The van der Waals surface area contributed by atoms with Gasteiger partial charge < -0.3 is 0 Å². The predicted octanol–water partition coefficient (Wildman–Crippen LogP) is 0.839. The normalized spacial score (nSPS) is 0. The van der Waals surface area contributed by atoms with E-state index in [4.69, 9.17) is 0 Å². The molecule has 0 saturated carbocycles. The van der Waals surface area contributed by atoms with E-state index in [0.29, 0.717) is 0 Å². The minimum Gasteiger partial charge on any atom is -0.147 e. The molecule has 0 bridgehead atoms. The molecule has 0 radical (unpaired) electrons. The van der Waals surface area contributed by atoms with Crippen LogP contribution in [0.25, 0.3) is 0 Å². The van der Waals surface area contributed by atoms with Gasteiger partial charge in [0, 0.05) is 43.4 Å². The molecule has 0 N–H and O–H groups in total. The largest absolute Gasteiger partial charge is 0.147 e. The van der Waals surface area contributed by atoms with Crippen LogP contribution in [0.4, 0.5) is 0 Å². The van der Waals surface area contributed by atoms with E-state index in [1.165, 1.54) is 0 Å². The van der Waals surface area contributed by atoms with E-state index in [1.807, 2.05) is 0 Å². The summed E-state index contributed by atoms with van der Waals surface area (Å²) in [5, 5.41) is 0. The monoisotopic (exact) mass is 168 g/mol. The number of hydrogen-bond acceptors (Lipinski definition) is 0. The van der Waals surface area contributed by atoms with Gasteiger partial charge in [0.25, 0.3) is 0 Å². The van der Waals surface area contributed by atoms with Crippen LogP contribution >= 0.6 is 24.8 Å². The van der Waals surface area contributed by atoms with E-state index in [-0.39, 0.29) is 68.2 Å². The standard InChI is InChI=1S/2ClH.2Ti/h2*1H;;. The van der Waals surface area contributed by atoms with Gasteiger partial charge in [0.15, 0.2) is 0 Å². The molecule has 0 aliphatic carbocycles. The fourth-order valence-corrected chi connectivity index (χ4v) is 0. The molecule has 0 nitrogen and oxygen atoms in total. The zero-order valence-electron chi connectivity index (χ0n) is 1.82. The first-order valence-electron chi connectivity index (χ1n) is 0. The van der Waals surface area contributed by atoms with Gasteiger partial charge in [-0.15, -0.1) is 24.8 Å². The fraction of sp³-hybridized carbons (Fsp3) is 0. The van der Waals surface area contributed by atoms with Crippen LogP contribution in [-0.4, -0.2) is 0 Å². The van der Waals surface area contributed by atoms with Gasteiger partial charge in [-0.3, -0.25) is 0 Å². The molecule has 0 rings (SSSR count). The molecular weight excluding hydrogens is 167 g/mol. The molecule has 24 valence electrons. The van der Waals surface area contributed by atoms with E-state index in [2.05, 4.69) is 0 Å². The van der Waals surface area contributed by atoms with Crippen molar-refractivity contribution in [2.24, 2.45) is 0 Å². The van der Waals surface area contributed by atoms with Crippen LogP contribution in [0.2, 0.25) is 0 Å². The Morgan fingerprint density at radius 1 is 0.500 bits per heavy atom. The van der Waals surface area contributed by atoms with Crippen molar-refractivity contribution in [2.75, 3.05) is 0 Å². The summed E-state index contributed by atoms with van der Waals surface area (Å²) in [5.41, 5.74) is 0. The van der Waals surface area contributed by atoms with Crippen molar-refractivity contribution in [3.63, 3.8) is 0 Å². The summed E-state index contributed by atoms with van der Waals surface area (Å²) in [6.45, 7) is 0. The van der Waals surface area contributed by atoms with Crippen molar-refractivity contribution in [3.8, 4) is 0 Å². The molecule has 0 aromatic heterocycles. The molecular formula is H2Cl2Ti2.